The van der Waals surface area contributed by atoms with Gasteiger partial charge in [-0.15, -0.1) is 0 Å². The van der Waals surface area contributed by atoms with Gasteiger partial charge in [-0.25, -0.2) is 0 Å². The fraction of sp³-hybridized carbons (Fsp3) is 0.538. The number of nitrogens with zero attached hydrogens (tertiary/aromatic N) is 3. The van der Waals surface area contributed by atoms with Gasteiger partial charge in [-0.2, -0.15) is 5.10 Å². The topological polar surface area (TPSA) is 30.2 Å². The van der Waals surface area contributed by atoms with E-state index in [0.717, 1.165) is 13.0 Å². The van der Waals surface area contributed by atoms with Crippen molar-refractivity contribution in [2.24, 2.45) is 4.99 Å². The lowest BCUT2D eigenvalue weighted by Crippen LogP contribution is -2.17. The molecule has 1 aliphatic rings. The zero-order chi connectivity index (χ0) is 11.5. The van der Waals surface area contributed by atoms with Gasteiger partial charge in [0.25, 0.3) is 0 Å². The maximum absolute atomic E-state index is 4.40. The molecule has 3 nitrogen and oxygen atoms in total. The van der Waals surface area contributed by atoms with Crippen LogP contribution in [0.25, 0.3) is 0 Å². The summed E-state index contributed by atoms with van der Waals surface area (Å²) in [6.07, 6.45) is 7.04. The first-order valence-corrected chi connectivity index (χ1v) is 5.96. The Balaban J connectivity index is 2.33. The van der Waals surface area contributed by atoms with Crippen LogP contribution in [0.5, 0.6) is 0 Å². The number of aliphatic imine (C=N–C) groups is 1. The third-order valence-corrected chi connectivity index (χ3v) is 3.08. The summed E-state index contributed by atoms with van der Waals surface area (Å²) in [7, 11) is 0. The van der Waals surface area contributed by atoms with E-state index in [4.69, 9.17) is 0 Å². The molecule has 86 valence electrons. The first kappa shape index (κ1) is 11.1. The molecule has 1 atom stereocenters. The Morgan fingerprint density at radius 2 is 2.31 bits per heavy atom. The molecule has 0 amide bonds. The Kier molecular flexibility index (Phi) is 3.22. The molecule has 0 saturated heterocycles. The highest BCUT2D eigenvalue weighted by atomic mass is 15.3. The van der Waals surface area contributed by atoms with Crippen LogP contribution in [-0.2, 0) is 0 Å². The van der Waals surface area contributed by atoms with Gasteiger partial charge in [0.2, 0.25) is 0 Å². The Morgan fingerprint density at radius 1 is 1.50 bits per heavy atom. The highest BCUT2D eigenvalue weighted by molar-refractivity contribution is 5.74. The van der Waals surface area contributed by atoms with Crippen molar-refractivity contribution in [2.45, 2.75) is 39.2 Å². The van der Waals surface area contributed by atoms with Gasteiger partial charge in [-0.1, -0.05) is 12.5 Å². The van der Waals surface area contributed by atoms with Gasteiger partial charge < -0.3 is 0 Å². The molecule has 1 aliphatic heterocycles. The zero-order valence-electron chi connectivity index (χ0n) is 10.2. The van der Waals surface area contributed by atoms with Crippen LogP contribution < -0.4 is 0 Å². The molecule has 3 heteroatoms. The second-order valence-corrected chi connectivity index (χ2v) is 4.46. The average Bonchev–Trinajstić information content (AvgIpc) is 2.77. The third-order valence-electron chi connectivity index (χ3n) is 3.08. The van der Waals surface area contributed by atoms with Gasteiger partial charge in [-0.3, -0.25) is 9.67 Å². The van der Waals surface area contributed by atoms with Crippen LogP contribution in [0.15, 0.2) is 28.9 Å². The van der Waals surface area contributed by atoms with E-state index in [9.17, 15) is 0 Å². The fourth-order valence-electron chi connectivity index (χ4n) is 2.23. The summed E-state index contributed by atoms with van der Waals surface area (Å²) >= 11 is 0. The minimum atomic E-state index is 0.411. The Bertz CT molecular complexity index is 413. The molecule has 0 radical (unpaired) electrons. The molecule has 0 saturated carbocycles. The third kappa shape index (κ3) is 1.94. The van der Waals surface area contributed by atoms with E-state index < -0.39 is 0 Å². The fourth-order valence-corrected chi connectivity index (χ4v) is 2.23. The molecular weight excluding hydrogens is 198 g/mol. The SMILES string of the molecule is CCC1=CC=NCC1c1ccnn1C(C)C. The van der Waals surface area contributed by atoms with Crippen molar-refractivity contribution < 1.29 is 0 Å². The van der Waals surface area contributed by atoms with E-state index >= 15 is 0 Å². The quantitative estimate of drug-likeness (QED) is 0.765. The molecule has 1 aromatic rings. The summed E-state index contributed by atoms with van der Waals surface area (Å²) in [6, 6.07) is 2.53. The Hall–Kier alpha value is -1.38. The first-order chi connectivity index (χ1) is 7.74. The van der Waals surface area contributed by atoms with Gasteiger partial charge in [0.1, 0.15) is 0 Å². The van der Waals surface area contributed by atoms with Gasteiger partial charge in [0.15, 0.2) is 0 Å². The van der Waals surface area contributed by atoms with Crippen LogP contribution in [0.2, 0.25) is 0 Å². The standard InChI is InChI=1S/C13H19N3/c1-4-11-5-7-14-9-12(11)13-6-8-15-16(13)10(2)3/h5-8,10,12H,4,9H2,1-3H3. The molecule has 1 unspecified atom stereocenters. The molecule has 0 aliphatic carbocycles. The van der Waals surface area contributed by atoms with Crippen molar-refractivity contribution in [3.63, 3.8) is 0 Å². The summed E-state index contributed by atoms with van der Waals surface area (Å²) in [4.78, 5) is 4.37. The van der Waals surface area contributed by atoms with Gasteiger partial charge >= 0.3 is 0 Å². The van der Waals surface area contributed by atoms with Gasteiger partial charge in [0, 0.05) is 30.1 Å². The molecule has 2 rings (SSSR count). The molecule has 16 heavy (non-hydrogen) atoms. The average molecular weight is 217 g/mol. The van der Waals surface area contributed by atoms with Crippen molar-refractivity contribution in [1.29, 1.82) is 0 Å². The maximum Gasteiger partial charge on any atom is 0.0510 e. The summed E-state index contributed by atoms with van der Waals surface area (Å²) < 4.78 is 2.11. The van der Waals surface area contributed by atoms with Crippen molar-refractivity contribution in [1.82, 2.24) is 9.78 Å². The normalized spacial score (nSPS) is 20.2. The molecule has 0 bridgehead atoms. The zero-order valence-corrected chi connectivity index (χ0v) is 10.2. The number of rotatable bonds is 3. The van der Waals surface area contributed by atoms with E-state index in [2.05, 4.69) is 47.7 Å². The van der Waals surface area contributed by atoms with Crippen LogP contribution in [0.3, 0.4) is 0 Å². The van der Waals surface area contributed by atoms with Crippen LogP contribution in [-0.4, -0.2) is 22.5 Å². The smallest absolute Gasteiger partial charge is 0.0510 e. The molecule has 0 N–H and O–H groups in total. The number of aromatic nitrogens is 2. The van der Waals surface area contributed by atoms with E-state index in [1.165, 1.54) is 11.3 Å². The minimum absolute atomic E-state index is 0.411. The van der Waals surface area contributed by atoms with Crippen LogP contribution in [0, 0.1) is 0 Å². The molecule has 0 spiro atoms. The molecule has 2 heterocycles. The summed E-state index contributed by atoms with van der Waals surface area (Å²) in [5.74, 6) is 0.417. The number of hydrogen-bond donors (Lipinski definition) is 0. The summed E-state index contributed by atoms with van der Waals surface area (Å²) in [5, 5.41) is 4.40. The van der Waals surface area contributed by atoms with E-state index in [1.54, 1.807) is 0 Å². The van der Waals surface area contributed by atoms with E-state index in [-0.39, 0.29) is 0 Å². The molecule has 0 fully saturated rings. The van der Waals surface area contributed by atoms with Crippen LogP contribution in [0.1, 0.15) is 44.8 Å². The lowest BCUT2D eigenvalue weighted by atomic mass is 9.91. The van der Waals surface area contributed by atoms with Crippen LogP contribution in [0.4, 0.5) is 0 Å². The molecular formula is C13H19N3. The largest absolute Gasteiger partial charge is 0.292 e. The van der Waals surface area contributed by atoms with Crippen molar-refractivity contribution >= 4 is 6.21 Å². The second kappa shape index (κ2) is 4.64. The highest BCUT2D eigenvalue weighted by Gasteiger charge is 2.21. The molecule has 1 aromatic heterocycles. The first-order valence-electron chi connectivity index (χ1n) is 5.96. The maximum atomic E-state index is 4.40. The van der Waals surface area contributed by atoms with Crippen LogP contribution >= 0.6 is 0 Å². The Morgan fingerprint density at radius 3 is 3.00 bits per heavy atom. The van der Waals surface area contributed by atoms with E-state index in [1.807, 2.05) is 12.4 Å². The second-order valence-electron chi connectivity index (χ2n) is 4.46. The Labute approximate surface area is 96.9 Å². The van der Waals surface area contributed by atoms with Gasteiger partial charge in [-0.05, 0) is 32.4 Å². The summed E-state index contributed by atoms with van der Waals surface area (Å²) in [6.45, 7) is 7.39. The molecule has 0 aromatic carbocycles. The monoisotopic (exact) mass is 217 g/mol. The number of allylic oxidation sites excluding steroid dienone is 1. The van der Waals surface area contributed by atoms with Crippen molar-refractivity contribution in [2.75, 3.05) is 6.54 Å². The lowest BCUT2D eigenvalue weighted by molar-refractivity contribution is 0.494. The number of hydrogen-bond acceptors (Lipinski definition) is 2. The number of dihydropyridines is 1. The lowest BCUT2D eigenvalue weighted by Gasteiger charge is -2.22. The summed E-state index contributed by atoms with van der Waals surface area (Å²) in [5.41, 5.74) is 2.75. The van der Waals surface area contributed by atoms with Crippen molar-refractivity contribution in [3.05, 3.63) is 29.6 Å². The predicted octanol–water partition coefficient (Wildman–Crippen LogP) is 2.97. The van der Waals surface area contributed by atoms with E-state index in [0.29, 0.717) is 12.0 Å². The highest BCUT2D eigenvalue weighted by Crippen LogP contribution is 2.29. The van der Waals surface area contributed by atoms with Crippen molar-refractivity contribution in [3.8, 4) is 0 Å². The van der Waals surface area contributed by atoms with Gasteiger partial charge in [0.05, 0.1) is 6.54 Å². The minimum Gasteiger partial charge on any atom is -0.292 e. The predicted molar refractivity (Wildman–Crippen MR) is 67.1 cm³/mol.